The first kappa shape index (κ1) is 22.6. The number of nitrogens with one attached hydrogen (secondary N) is 1. The number of hydrogen-bond donors (Lipinski definition) is 1. The van der Waals surface area contributed by atoms with Crippen LogP contribution >= 0.6 is 11.8 Å². The zero-order valence-electron chi connectivity index (χ0n) is 18.6. The van der Waals surface area contributed by atoms with Crippen LogP contribution in [0.25, 0.3) is 0 Å². The maximum Gasteiger partial charge on any atom is 0.252 e. The lowest BCUT2D eigenvalue weighted by molar-refractivity contribution is 0.0948. The van der Waals surface area contributed by atoms with Crippen molar-refractivity contribution in [3.05, 3.63) is 107 Å². The van der Waals surface area contributed by atoms with Gasteiger partial charge in [0.2, 0.25) is 0 Å². The van der Waals surface area contributed by atoms with Crippen LogP contribution in [0.15, 0.2) is 82.5 Å². The molecule has 1 N–H and O–H groups in total. The second-order valence-electron chi connectivity index (χ2n) is 7.56. The molecule has 2 aromatic carbocycles. The number of ether oxygens (including phenoxy) is 1. The Balaban J connectivity index is 1.32. The van der Waals surface area contributed by atoms with Crippen molar-refractivity contribution in [2.45, 2.75) is 37.6 Å². The van der Waals surface area contributed by atoms with Crippen molar-refractivity contribution in [1.29, 1.82) is 0 Å². The molecule has 0 fully saturated rings. The Labute approximate surface area is 197 Å². The Kier molecular flexibility index (Phi) is 7.42. The molecule has 33 heavy (non-hydrogen) atoms. The molecule has 6 nitrogen and oxygen atoms in total. The fourth-order valence-corrected chi connectivity index (χ4v) is 4.47. The molecule has 2 aromatic heterocycles. The molecule has 0 saturated carbocycles. The molecule has 4 rings (SSSR count). The fraction of sp³-hybridized carbons (Fsp3) is 0.192. The summed E-state index contributed by atoms with van der Waals surface area (Å²) in [6.45, 7) is 4.74. The highest BCUT2D eigenvalue weighted by Gasteiger charge is 2.14. The lowest BCUT2D eigenvalue weighted by Crippen LogP contribution is -2.23. The standard InChI is InChI=1S/C26H25N3O3S/c1-18-24(19(2)32-29-18)17-33-25-8-4-3-7-23(25)26(30)28-15-20-9-11-22(12-10-20)31-16-21-6-5-13-27-14-21/h3-14H,15-17H2,1-2H3,(H,28,30). The van der Waals surface area contributed by atoms with Crippen molar-refractivity contribution in [3.8, 4) is 5.75 Å². The van der Waals surface area contributed by atoms with Crippen LogP contribution in [0.1, 0.15) is 38.5 Å². The number of benzene rings is 2. The summed E-state index contributed by atoms with van der Waals surface area (Å²) >= 11 is 1.61. The van der Waals surface area contributed by atoms with Crippen LogP contribution in [0.4, 0.5) is 0 Å². The molecule has 0 aliphatic carbocycles. The van der Waals surface area contributed by atoms with E-state index < -0.39 is 0 Å². The van der Waals surface area contributed by atoms with Crippen LogP contribution in [-0.2, 0) is 18.9 Å². The normalized spacial score (nSPS) is 10.7. The molecule has 168 valence electrons. The van der Waals surface area contributed by atoms with Crippen LogP contribution in [-0.4, -0.2) is 16.0 Å². The number of hydrogen-bond acceptors (Lipinski definition) is 6. The first-order valence-electron chi connectivity index (χ1n) is 10.6. The summed E-state index contributed by atoms with van der Waals surface area (Å²) in [5.74, 6) is 2.19. The SMILES string of the molecule is Cc1noc(C)c1CSc1ccccc1C(=O)NCc1ccc(OCc2cccnc2)cc1. The van der Waals surface area contributed by atoms with Gasteiger partial charge in [0.1, 0.15) is 18.1 Å². The highest BCUT2D eigenvalue weighted by atomic mass is 32.2. The predicted molar refractivity (Wildman–Crippen MR) is 128 cm³/mol. The Bertz CT molecular complexity index is 1190. The number of carbonyl (C=O) groups is 1. The Hall–Kier alpha value is -3.58. The number of aromatic nitrogens is 2. The van der Waals surface area contributed by atoms with Crippen LogP contribution in [0.5, 0.6) is 5.75 Å². The van der Waals surface area contributed by atoms with Crippen LogP contribution in [0.2, 0.25) is 0 Å². The molecule has 0 aliphatic rings. The fourth-order valence-electron chi connectivity index (χ4n) is 3.27. The molecule has 0 bridgehead atoms. The van der Waals surface area contributed by atoms with Crippen molar-refractivity contribution in [1.82, 2.24) is 15.5 Å². The van der Waals surface area contributed by atoms with Gasteiger partial charge < -0.3 is 14.6 Å². The number of aryl methyl sites for hydroxylation is 2. The van der Waals surface area contributed by atoms with Gasteiger partial charge in [-0.15, -0.1) is 11.8 Å². The lowest BCUT2D eigenvalue weighted by atomic mass is 10.2. The van der Waals surface area contributed by atoms with Gasteiger partial charge in [0, 0.05) is 40.7 Å². The summed E-state index contributed by atoms with van der Waals surface area (Å²) in [7, 11) is 0. The average Bonchev–Trinajstić information content (AvgIpc) is 3.18. The van der Waals surface area contributed by atoms with Gasteiger partial charge >= 0.3 is 0 Å². The monoisotopic (exact) mass is 459 g/mol. The van der Waals surface area contributed by atoms with Crippen LogP contribution in [0.3, 0.4) is 0 Å². The number of amides is 1. The van der Waals surface area contributed by atoms with E-state index in [2.05, 4.69) is 15.5 Å². The second kappa shape index (κ2) is 10.8. The molecule has 0 atom stereocenters. The van der Waals surface area contributed by atoms with Crippen molar-refractivity contribution in [3.63, 3.8) is 0 Å². The topological polar surface area (TPSA) is 77.2 Å². The molecule has 0 unspecified atom stereocenters. The molecule has 0 aliphatic heterocycles. The van der Waals surface area contributed by atoms with Crippen molar-refractivity contribution >= 4 is 17.7 Å². The number of nitrogens with zero attached hydrogens (tertiary/aromatic N) is 2. The average molecular weight is 460 g/mol. The number of thioether (sulfide) groups is 1. The van der Waals surface area contributed by atoms with Crippen LogP contribution < -0.4 is 10.1 Å². The lowest BCUT2D eigenvalue weighted by Gasteiger charge is -2.11. The molecule has 1 amide bonds. The maximum atomic E-state index is 12.9. The number of pyridine rings is 1. The van der Waals surface area contributed by atoms with E-state index in [0.29, 0.717) is 24.5 Å². The van der Waals surface area contributed by atoms with E-state index >= 15 is 0 Å². The minimum Gasteiger partial charge on any atom is -0.489 e. The summed E-state index contributed by atoms with van der Waals surface area (Å²) in [5.41, 5.74) is 4.62. The summed E-state index contributed by atoms with van der Waals surface area (Å²) in [6.07, 6.45) is 3.52. The Morgan fingerprint density at radius 3 is 2.58 bits per heavy atom. The van der Waals surface area contributed by atoms with Gasteiger partial charge in [-0.2, -0.15) is 0 Å². The maximum absolute atomic E-state index is 12.9. The summed E-state index contributed by atoms with van der Waals surface area (Å²) in [5, 5.41) is 7.02. The van der Waals surface area contributed by atoms with E-state index in [9.17, 15) is 4.79 Å². The van der Waals surface area contributed by atoms with E-state index in [1.54, 1.807) is 24.2 Å². The summed E-state index contributed by atoms with van der Waals surface area (Å²) in [6, 6.07) is 19.2. The minimum absolute atomic E-state index is 0.103. The Morgan fingerprint density at radius 2 is 1.85 bits per heavy atom. The predicted octanol–water partition coefficient (Wildman–Crippen LogP) is 5.49. The minimum atomic E-state index is -0.103. The van der Waals surface area contributed by atoms with Crippen molar-refractivity contribution < 1.29 is 14.1 Å². The van der Waals surface area contributed by atoms with Crippen LogP contribution in [0, 0.1) is 13.8 Å². The highest BCUT2D eigenvalue weighted by Crippen LogP contribution is 2.29. The number of carbonyl (C=O) groups excluding carboxylic acids is 1. The van der Waals surface area contributed by atoms with Gasteiger partial charge in [-0.25, -0.2) is 0 Å². The zero-order chi connectivity index (χ0) is 23.0. The van der Waals surface area contributed by atoms with Gasteiger partial charge in [0.25, 0.3) is 5.91 Å². The number of rotatable bonds is 9. The summed E-state index contributed by atoms with van der Waals surface area (Å²) < 4.78 is 11.0. The molecule has 0 saturated heterocycles. The molecule has 7 heteroatoms. The smallest absolute Gasteiger partial charge is 0.252 e. The third-order valence-corrected chi connectivity index (χ3v) is 6.29. The molecular weight excluding hydrogens is 434 g/mol. The van der Waals surface area contributed by atoms with Gasteiger partial charge in [-0.3, -0.25) is 9.78 Å². The van der Waals surface area contributed by atoms with E-state index in [0.717, 1.165) is 38.8 Å². The quantitative estimate of drug-likeness (QED) is 0.334. The summed E-state index contributed by atoms with van der Waals surface area (Å²) in [4.78, 5) is 17.9. The largest absolute Gasteiger partial charge is 0.489 e. The Morgan fingerprint density at radius 1 is 1.03 bits per heavy atom. The van der Waals surface area contributed by atoms with E-state index in [1.165, 1.54) is 0 Å². The first-order chi connectivity index (χ1) is 16.1. The second-order valence-corrected chi connectivity index (χ2v) is 8.58. The molecule has 0 radical (unpaired) electrons. The molecule has 0 spiro atoms. The van der Waals surface area contributed by atoms with Gasteiger partial charge in [0.15, 0.2) is 0 Å². The molecule has 2 heterocycles. The van der Waals surface area contributed by atoms with E-state index in [4.69, 9.17) is 9.26 Å². The van der Waals surface area contributed by atoms with Crippen molar-refractivity contribution in [2.75, 3.05) is 0 Å². The molecular formula is C26H25N3O3S. The third-order valence-electron chi connectivity index (χ3n) is 5.19. The van der Waals surface area contributed by atoms with Gasteiger partial charge in [0.05, 0.1) is 11.3 Å². The highest BCUT2D eigenvalue weighted by molar-refractivity contribution is 7.98. The molecule has 4 aromatic rings. The van der Waals surface area contributed by atoms with E-state index in [1.807, 2.05) is 74.5 Å². The van der Waals surface area contributed by atoms with Gasteiger partial charge in [-0.05, 0) is 49.7 Å². The zero-order valence-corrected chi connectivity index (χ0v) is 19.4. The van der Waals surface area contributed by atoms with Crippen molar-refractivity contribution in [2.24, 2.45) is 0 Å². The first-order valence-corrected chi connectivity index (χ1v) is 11.6. The third kappa shape index (κ3) is 6.02. The van der Waals surface area contributed by atoms with E-state index in [-0.39, 0.29) is 5.91 Å². The van der Waals surface area contributed by atoms with Gasteiger partial charge in [-0.1, -0.05) is 35.5 Å².